The Morgan fingerprint density at radius 1 is 1.55 bits per heavy atom. The van der Waals surface area contributed by atoms with Crippen LogP contribution in [0.5, 0.6) is 0 Å². The normalized spacial score (nSPS) is 31.1. The van der Waals surface area contributed by atoms with Crippen LogP contribution in [-0.4, -0.2) is 37.0 Å². The molecule has 0 aromatic heterocycles. The van der Waals surface area contributed by atoms with Crippen LogP contribution >= 0.6 is 0 Å². The molecule has 2 unspecified atom stereocenters. The molecule has 0 aliphatic carbocycles. The lowest BCUT2D eigenvalue weighted by molar-refractivity contribution is 0.0555. The van der Waals surface area contributed by atoms with E-state index in [1.807, 2.05) is 0 Å². The molecule has 1 fully saturated rings. The van der Waals surface area contributed by atoms with Crippen molar-refractivity contribution in [2.45, 2.75) is 32.0 Å². The average Bonchev–Trinajstić information content (AvgIpc) is 2.37. The van der Waals surface area contributed by atoms with Gasteiger partial charge in [0.15, 0.2) is 0 Å². The minimum absolute atomic E-state index is 0.211. The fraction of sp³-hybridized carbons (Fsp3) is 1.00. The molecule has 0 aromatic carbocycles. The number of ether oxygens (including phenoxy) is 1. The Bertz CT molecular complexity index is 108. The van der Waals surface area contributed by atoms with Crippen molar-refractivity contribution in [2.24, 2.45) is 0 Å². The Morgan fingerprint density at radius 3 is 2.91 bits per heavy atom. The van der Waals surface area contributed by atoms with Gasteiger partial charge in [-0.05, 0) is 19.8 Å². The number of aliphatic hydroxyl groups is 1. The summed E-state index contributed by atoms with van der Waals surface area (Å²) in [5, 5.41) is 11.6. The highest BCUT2D eigenvalue weighted by molar-refractivity contribution is 4.72. The molecule has 3 nitrogen and oxygen atoms in total. The van der Waals surface area contributed by atoms with Crippen molar-refractivity contribution < 1.29 is 9.84 Å². The molecule has 11 heavy (non-hydrogen) atoms. The van der Waals surface area contributed by atoms with E-state index in [0.29, 0.717) is 18.8 Å². The molecule has 1 heterocycles. The van der Waals surface area contributed by atoms with Gasteiger partial charge < -0.3 is 15.2 Å². The SMILES string of the molecule is CC1CCC(CNCCO)O1. The summed E-state index contributed by atoms with van der Waals surface area (Å²) in [5.74, 6) is 0. The lowest BCUT2D eigenvalue weighted by Gasteiger charge is -2.10. The Kier molecular flexibility index (Phi) is 3.83. The predicted molar refractivity (Wildman–Crippen MR) is 43.5 cm³/mol. The van der Waals surface area contributed by atoms with Gasteiger partial charge in [0.2, 0.25) is 0 Å². The van der Waals surface area contributed by atoms with Gasteiger partial charge in [0, 0.05) is 13.1 Å². The third-order valence-electron chi connectivity index (χ3n) is 1.98. The lowest BCUT2D eigenvalue weighted by atomic mass is 10.2. The van der Waals surface area contributed by atoms with Crippen molar-refractivity contribution in [3.05, 3.63) is 0 Å². The highest BCUT2D eigenvalue weighted by Crippen LogP contribution is 2.17. The number of hydrogen-bond acceptors (Lipinski definition) is 3. The second kappa shape index (κ2) is 4.70. The third kappa shape index (κ3) is 3.18. The molecule has 0 saturated carbocycles. The topological polar surface area (TPSA) is 41.5 Å². The highest BCUT2D eigenvalue weighted by atomic mass is 16.5. The van der Waals surface area contributed by atoms with Crippen molar-refractivity contribution in [3.63, 3.8) is 0 Å². The molecule has 66 valence electrons. The summed E-state index contributed by atoms with van der Waals surface area (Å²) in [6, 6.07) is 0. The molecule has 1 saturated heterocycles. The van der Waals surface area contributed by atoms with Crippen LogP contribution in [0.4, 0.5) is 0 Å². The van der Waals surface area contributed by atoms with Gasteiger partial charge in [-0.15, -0.1) is 0 Å². The fourth-order valence-electron chi connectivity index (χ4n) is 1.38. The zero-order chi connectivity index (χ0) is 8.10. The molecule has 1 aliphatic heterocycles. The Balaban J connectivity index is 1.99. The molecule has 0 radical (unpaired) electrons. The number of hydrogen-bond donors (Lipinski definition) is 2. The van der Waals surface area contributed by atoms with Gasteiger partial charge in [-0.1, -0.05) is 0 Å². The van der Waals surface area contributed by atoms with E-state index in [2.05, 4.69) is 12.2 Å². The zero-order valence-electron chi connectivity index (χ0n) is 7.05. The lowest BCUT2D eigenvalue weighted by Crippen LogP contribution is -2.28. The molecule has 3 heteroatoms. The largest absolute Gasteiger partial charge is 0.395 e. The van der Waals surface area contributed by atoms with E-state index < -0.39 is 0 Å². The summed E-state index contributed by atoms with van der Waals surface area (Å²) in [5.41, 5.74) is 0. The van der Waals surface area contributed by atoms with Crippen molar-refractivity contribution in [3.8, 4) is 0 Å². The summed E-state index contributed by atoms with van der Waals surface area (Å²) < 4.78 is 5.56. The minimum Gasteiger partial charge on any atom is -0.395 e. The third-order valence-corrected chi connectivity index (χ3v) is 1.98. The average molecular weight is 159 g/mol. The van der Waals surface area contributed by atoms with Crippen LogP contribution in [0.2, 0.25) is 0 Å². The van der Waals surface area contributed by atoms with E-state index in [1.54, 1.807) is 0 Å². The van der Waals surface area contributed by atoms with Gasteiger partial charge in [-0.25, -0.2) is 0 Å². The van der Waals surface area contributed by atoms with Gasteiger partial charge in [-0.2, -0.15) is 0 Å². The number of aliphatic hydroxyl groups excluding tert-OH is 1. The molecular weight excluding hydrogens is 142 g/mol. The fourth-order valence-corrected chi connectivity index (χ4v) is 1.38. The quantitative estimate of drug-likeness (QED) is 0.573. The standard InChI is InChI=1S/C8H17NO2/c1-7-2-3-8(11-7)6-9-4-5-10/h7-10H,2-6H2,1H3. The van der Waals surface area contributed by atoms with Gasteiger partial charge in [0.05, 0.1) is 18.8 Å². The summed E-state index contributed by atoms with van der Waals surface area (Å²) >= 11 is 0. The summed E-state index contributed by atoms with van der Waals surface area (Å²) in [7, 11) is 0. The van der Waals surface area contributed by atoms with Crippen LogP contribution in [0.1, 0.15) is 19.8 Å². The molecular formula is C8H17NO2. The van der Waals surface area contributed by atoms with E-state index in [0.717, 1.165) is 13.0 Å². The minimum atomic E-state index is 0.211. The molecule has 0 aromatic rings. The molecule has 0 bridgehead atoms. The molecule has 1 aliphatic rings. The van der Waals surface area contributed by atoms with E-state index in [4.69, 9.17) is 9.84 Å². The predicted octanol–water partition coefficient (Wildman–Crippen LogP) is 0.136. The van der Waals surface area contributed by atoms with Crippen LogP contribution in [0.15, 0.2) is 0 Å². The second-order valence-corrected chi connectivity index (χ2v) is 3.07. The number of rotatable bonds is 4. The van der Waals surface area contributed by atoms with Crippen LogP contribution in [0, 0.1) is 0 Å². The van der Waals surface area contributed by atoms with Gasteiger partial charge in [0.1, 0.15) is 0 Å². The maximum absolute atomic E-state index is 8.49. The first-order chi connectivity index (χ1) is 5.33. The van der Waals surface area contributed by atoms with Crippen molar-refractivity contribution in [1.29, 1.82) is 0 Å². The summed E-state index contributed by atoms with van der Waals surface area (Å²) in [4.78, 5) is 0. The zero-order valence-corrected chi connectivity index (χ0v) is 7.05. The number of nitrogens with one attached hydrogen (secondary N) is 1. The van der Waals surface area contributed by atoms with Crippen molar-refractivity contribution >= 4 is 0 Å². The van der Waals surface area contributed by atoms with E-state index in [1.165, 1.54) is 6.42 Å². The van der Waals surface area contributed by atoms with E-state index in [-0.39, 0.29) is 6.61 Å². The Morgan fingerprint density at radius 2 is 2.36 bits per heavy atom. The van der Waals surface area contributed by atoms with E-state index in [9.17, 15) is 0 Å². The Hall–Kier alpha value is -0.120. The van der Waals surface area contributed by atoms with Crippen molar-refractivity contribution in [1.82, 2.24) is 5.32 Å². The van der Waals surface area contributed by atoms with Crippen LogP contribution in [0.3, 0.4) is 0 Å². The molecule has 1 rings (SSSR count). The summed E-state index contributed by atoms with van der Waals surface area (Å²) in [6.07, 6.45) is 3.12. The first-order valence-electron chi connectivity index (χ1n) is 4.30. The van der Waals surface area contributed by atoms with Gasteiger partial charge >= 0.3 is 0 Å². The first-order valence-corrected chi connectivity index (χ1v) is 4.30. The smallest absolute Gasteiger partial charge is 0.0704 e. The monoisotopic (exact) mass is 159 g/mol. The van der Waals surface area contributed by atoms with Crippen LogP contribution < -0.4 is 5.32 Å². The molecule has 2 N–H and O–H groups in total. The van der Waals surface area contributed by atoms with E-state index >= 15 is 0 Å². The molecule has 2 atom stereocenters. The summed E-state index contributed by atoms with van der Waals surface area (Å²) in [6.45, 7) is 3.87. The first kappa shape index (κ1) is 8.97. The second-order valence-electron chi connectivity index (χ2n) is 3.07. The van der Waals surface area contributed by atoms with Crippen LogP contribution in [0.25, 0.3) is 0 Å². The Labute approximate surface area is 67.7 Å². The van der Waals surface area contributed by atoms with Crippen molar-refractivity contribution in [2.75, 3.05) is 19.7 Å². The molecule has 0 amide bonds. The van der Waals surface area contributed by atoms with Gasteiger partial charge in [-0.3, -0.25) is 0 Å². The maximum atomic E-state index is 8.49. The highest BCUT2D eigenvalue weighted by Gasteiger charge is 2.20. The van der Waals surface area contributed by atoms with Gasteiger partial charge in [0.25, 0.3) is 0 Å². The maximum Gasteiger partial charge on any atom is 0.0704 e. The van der Waals surface area contributed by atoms with Crippen LogP contribution in [-0.2, 0) is 4.74 Å². The molecule has 0 spiro atoms.